The molecule has 1 saturated heterocycles. The molecule has 3 heteroatoms. The minimum absolute atomic E-state index is 0.0990. The van der Waals surface area contributed by atoms with Crippen molar-refractivity contribution in [3.63, 3.8) is 0 Å². The molecule has 3 N–H and O–H groups in total. The van der Waals surface area contributed by atoms with E-state index in [0.29, 0.717) is 12.0 Å². The number of rotatable bonds is 5. The molecule has 1 heterocycles. The van der Waals surface area contributed by atoms with E-state index in [1.54, 1.807) is 0 Å². The molecule has 150 valence electrons. The van der Waals surface area contributed by atoms with Gasteiger partial charge in [0.25, 0.3) is 0 Å². The van der Waals surface area contributed by atoms with Crippen LogP contribution in [0.4, 0.5) is 0 Å². The van der Waals surface area contributed by atoms with Gasteiger partial charge in [-0.3, -0.25) is 0 Å². The first-order chi connectivity index (χ1) is 13.0. The summed E-state index contributed by atoms with van der Waals surface area (Å²) in [6.45, 7) is 2.38. The summed E-state index contributed by atoms with van der Waals surface area (Å²) in [4.78, 5) is 0. The second kappa shape index (κ2) is 7.85. The Morgan fingerprint density at radius 3 is 2.85 bits per heavy atom. The SMILES string of the molecule is CCCCC1CCCC2(CCc3cc([C@H]4CC[C@](N)(CO)C4)ccc3C2)O1. The first kappa shape index (κ1) is 19.4. The average Bonchev–Trinajstić information content (AvgIpc) is 3.09. The van der Waals surface area contributed by atoms with Gasteiger partial charge >= 0.3 is 0 Å². The van der Waals surface area contributed by atoms with Crippen molar-refractivity contribution >= 4 is 0 Å². The maximum Gasteiger partial charge on any atom is 0.0729 e. The third-order valence-electron chi connectivity index (χ3n) is 7.48. The molecule has 4 atom stereocenters. The lowest BCUT2D eigenvalue weighted by molar-refractivity contribution is -0.137. The number of aryl methyl sites for hydroxylation is 1. The summed E-state index contributed by atoms with van der Waals surface area (Å²) in [5, 5.41) is 9.56. The molecule has 3 nitrogen and oxygen atoms in total. The molecule has 2 fully saturated rings. The van der Waals surface area contributed by atoms with Crippen molar-refractivity contribution in [1.82, 2.24) is 0 Å². The fourth-order valence-corrected chi connectivity index (χ4v) is 5.76. The number of aliphatic hydroxyl groups is 1. The Morgan fingerprint density at radius 1 is 1.19 bits per heavy atom. The summed E-state index contributed by atoms with van der Waals surface area (Å²) in [6.07, 6.45) is 14.4. The molecule has 3 aliphatic rings. The first-order valence-corrected chi connectivity index (χ1v) is 11.2. The number of aliphatic hydroxyl groups excluding tert-OH is 1. The molecule has 1 saturated carbocycles. The third-order valence-corrected chi connectivity index (χ3v) is 7.48. The number of benzene rings is 1. The van der Waals surface area contributed by atoms with Crippen LogP contribution in [0.1, 0.15) is 93.7 Å². The molecule has 27 heavy (non-hydrogen) atoms. The van der Waals surface area contributed by atoms with Crippen molar-refractivity contribution in [3.8, 4) is 0 Å². The zero-order valence-electron chi connectivity index (χ0n) is 17.0. The molecule has 1 spiro atoms. The van der Waals surface area contributed by atoms with Gasteiger partial charge in [-0.25, -0.2) is 0 Å². The Balaban J connectivity index is 1.45. The van der Waals surface area contributed by atoms with E-state index in [2.05, 4.69) is 25.1 Å². The Morgan fingerprint density at radius 2 is 2.07 bits per heavy atom. The van der Waals surface area contributed by atoms with Crippen LogP contribution < -0.4 is 5.73 Å². The standard InChI is InChI=1S/C24H37NO2/c1-2-3-5-22-6-4-11-24(27-22)13-10-19-14-18(7-8-20(19)16-24)21-9-12-23(25,15-21)17-26/h7-8,14,21-22,26H,2-6,9-13,15-17,25H2,1H3/t21-,22?,23+,24?/m0/s1. The van der Waals surface area contributed by atoms with Crippen LogP contribution in [0.15, 0.2) is 18.2 Å². The molecule has 2 aliphatic carbocycles. The highest BCUT2D eigenvalue weighted by molar-refractivity contribution is 5.38. The summed E-state index contributed by atoms with van der Waals surface area (Å²) in [5.74, 6) is 0.507. The van der Waals surface area contributed by atoms with Gasteiger partial charge in [0.15, 0.2) is 0 Å². The minimum atomic E-state index is -0.367. The fourth-order valence-electron chi connectivity index (χ4n) is 5.76. The van der Waals surface area contributed by atoms with Crippen LogP contribution in [-0.4, -0.2) is 29.0 Å². The fraction of sp³-hybridized carbons (Fsp3) is 0.750. The van der Waals surface area contributed by atoms with Crippen LogP contribution in [-0.2, 0) is 17.6 Å². The third kappa shape index (κ3) is 4.11. The van der Waals surface area contributed by atoms with Gasteiger partial charge in [-0.1, -0.05) is 38.0 Å². The van der Waals surface area contributed by atoms with Gasteiger partial charge in [-0.05, 0) is 80.4 Å². The van der Waals surface area contributed by atoms with E-state index in [9.17, 15) is 5.11 Å². The minimum Gasteiger partial charge on any atom is -0.394 e. The summed E-state index contributed by atoms with van der Waals surface area (Å²) in [5.41, 5.74) is 10.5. The van der Waals surface area contributed by atoms with Crippen LogP contribution in [0.25, 0.3) is 0 Å². The van der Waals surface area contributed by atoms with Gasteiger partial charge in [-0.15, -0.1) is 0 Å². The molecule has 0 radical (unpaired) electrons. The molecule has 1 aromatic rings. The molecular formula is C24H37NO2. The quantitative estimate of drug-likeness (QED) is 0.793. The van der Waals surface area contributed by atoms with Crippen molar-refractivity contribution in [2.24, 2.45) is 5.73 Å². The topological polar surface area (TPSA) is 55.5 Å². The Labute approximate surface area is 164 Å². The maximum absolute atomic E-state index is 9.56. The van der Waals surface area contributed by atoms with Crippen molar-refractivity contribution in [3.05, 3.63) is 34.9 Å². The number of unbranched alkanes of at least 4 members (excludes halogenated alkanes) is 1. The summed E-state index contributed by atoms with van der Waals surface area (Å²) < 4.78 is 6.70. The van der Waals surface area contributed by atoms with E-state index in [0.717, 1.165) is 32.1 Å². The Hall–Kier alpha value is -0.900. The normalized spacial score (nSPS) is 36.1. The number of ether oxygens (including phenoxy) is 1. The summed E-state index contributed by atoms with van der Waals surface area (Å²) >= 11 is 0. The second-order valence-electron chi connectivity index (χ2n) is 9.62. The number of nitrogens with two attached hydrogens (primary N) is 1. The van der Waals surface area contributed by atoms with Gasteiger partial charge < -0.3 is 15.6 Å². The van der Waals surface area contributed by atoms with Crippen molar-refractivity contribution in [1.29, 1.82) is 0 Å². The predicted octanol–water partition coefficient (Wildman–Crippen LogP) is 4.63. The van der Waals surface area contributed by atoms with Crippen molar-refractivity contribution in [2.45, 2.75) is 107 Å². The lowest BCUT2D eigenvalue weighted by Crippen LogP contribution is -2.45. The van der Waals surface area contributed by atoms with Gasteiger partial charge in [0.2, 0.25) is 0 Å². The molecule has 4 rings (SSSR count). The van der Waals surface area contributed by atoms with E-state index in [4.69, 9.17) is 10.5 Å². The molecule has 0 amide bonds. The van der Waals surface area contributed by atoms with Crippen molar-refractivity contribution in [2.75, 3.05) is 6.61 Å². The van der Waals surface area contributed by atoms with E-state index >= 15 is 0 Å². The zero-order valence-corrected chi connectivity index (χ0v) is 17.0. The van der Waals surface area contributed by atoms with E-state index in [1.807, 2.05) is 0 Å². The lowest BCUT2D eigenvalue weighted by Gasteiger charge is -2.44. The highest BCUT2D eigenvalue weighted by atomic mass is 16.5. The van der Waals surface area contributed by atoms with Gasteiger partial charge in [0.05, 0.1) is 18.3 Å². The predicted molar refractivity (Wildman–Crippen MR) is 110 cm³/mol. The summed E-state index contributed by atoms with van der Waals surface area (Å²) in [7, 11) is 0. The Bertz CT molecular complexity index is 660. The Kier molecular flexibility index (Phi) is 5.64. The number of hydrogen-bond donors (Lipinski definition) is 2. The molecule has 0 aromatic heterocycles. The zero-order chi connectivity index (χ0) is 18.9. The van der Waals surface area contributed by atoms with Crippen LogP contribution in [0.2, 0.25) is 0 Å². The van der Waals surface area contributed by atoms with E-state index in [1.165, 1.54) is 61.6 Å². The smallest absolute Gasteiger partial charge is 0.0729 e. The van der Waals surface area contributed by atoms with Crippen LogP contribution in [0.3, 0.4) is 0 Å². The van der Waals surface area contributed by atoms with E-state index < -0.39 is 0 Å². The van der Waals surface area contributed by atoms with Crippen LogP contribution in [0, 0.1) is 0 Å². The van der Waals surface area contributed by atoms with Crippen LogP contribution in [0.5, 0.6) is 0 Å². The van der Waals surface area contributed by atoms with E-state index in [-0.39, 0.29) is 17.7 Å². The second-order valence-corrected chi connectivity index (χ2v) is 9.62. The first-order valence-electron chi connectivity index (χ1n) is 11.2. The van der Waals surface area contributed by atoms with Crippen LogP contribution >= 0.6 is 0 Å². The maximum atomic E-state index is 9.56. The lowest BCUT2D eigenvalue weighted by atomic mass is 9.75. The number of hydrogen-bond acceptors (Lipinski definition) is 3. The van der Waals surface area contributed by atoms with Gasteiger partial charge in [0, 0.05) is 12.0 Å². The molecule has 1 aliphatic heterocycles. The molecule has 0 bridgehead atoms. The summed E-state index contributed by atoms with van der Waals surface area (Å²) in [6, 6.07) is 7.12. The van der Waals surface area contributed by atoms with Crippen molar-refractivity contribution < 1.29 is 9.84 Å². The highest BCUT2D eigenvalue weighted by Crippen LogP contribution is 2.43. The monoisotopic (exact) mass is 371 g/mol. The average molecular weight is 372 g/mol. The number of fused-ring (bicyclic) bond motifs is 1. The molecule has 2 unspecified atom stereocenters. The van der Waals surface area contributed by atoms with Gasteiger partial charge in [0.1, 0.15) is 0 Å². The van der Waals surface area contributed by atoms with Gasteiger partial charge in [-0.2, -0.15) is 0 Å². The largest absolute Gasteiger partial charge is 0.394 e. The highest BCUT2D eigenvalue weighted by Gasteiger charge is 2.40. The molecular weight excluding hydrogens is 334 g/mol. The molecule has 1 aromatic carbocycles.